The van der Waals surface area contributed by atoms with Crippen molar-refractivity contribution in [1.82, 2.24) is 0 Å². The van der Waals surface area contributed by atoms with E-state index in [2.05, 4.69) is 13.2 Å². The van der Waals surface area contributed by atoms with Gasteiger partial charge in [-0.1, -0.05) is 24.3 Å². The number of aliphatic hydroxyl groups excluding tert-OH is 1. The zero-order valence-electron chi connectivity index (χ0n) is 9.25. The van der Waals surface area contributed by atoms with Crippen LogP contribution in [0.5, 0.6) is 0 Å². The highest BCUT2D eigenvalue weighted by molar-refractivity contribution is 4.88. The lowest BCUT2D eigenvalue weighted by Gasteiger charge is -2.19. The number of aliphatic hydroxyl groups is 1. The molecule has 2 unspecified atom stereocenters. The standard InChI is InChI=1S/C11H20O3/c1-8(2)6-13-10(5)11(12)14-7-9(3)4/h10-12H,1,3,6-7H2,2,4-5H3. The molecule has 0 spiro atoms. The van der Waals surface area contributed by atoms with Gasteiger partial charge in [0.25, 0.3) is 0 Å². The van der Waals surface area contributed by atoms with Crippen molar-refractivity contribution < 1.29 is 14.6 Å². The zero-order chi connectivity index (χ0) is 11.1. The van der Waals surface area contributed by atoms with Crippen molar-refractivity contribution >= 4 is 0 Å². The van der Waals surface area contributed by atoms with Crippen LogP contribution in [-0.4, -0.2) is 30.7 Å². The summed E-state index contributed by atoms with van der Waals surface area (Å²) in [5, 5.41) is 9.46. The van der Waals surface area contributed by atoms with Crippen LogP contribution in [0.4, 0.5) is 0 Å². The van der Waals surface area contributed by atoms with E-state index in [1.807, 2.05) is 13.8 Å². The molecule has 0 heterocycles. The van der Waals surface area contributed by atoms with Crippen molar-refractivity contribution in [2.45, 2.75) is 33.2 Å². The SMILES string of the molecule is C=C(C)COC(C)C(O)OCC(=C)C. The molecule has 3 nitrogen and oxygen atoms in total. The molecule has 82 valence electrons. The first-order valence-corrected chi connectivity index (χ1v) is 4.63. The topological polar surface area (TPSA) is 38.7 Å². The average molecular weight is 200 g/mol. The Morgan fingerprint density at radius 3 is 2.00 bits per heavy atom. The second kappa shape index (κ2) is 6.76. The highest BCUT2D eigenvalue weighted by Crippen LogP contribution is 2.04. The minimum absolute atomic E-state index is 0.349. The van der Waals surface area contributed by atoms with Crippen molar-refractivity contribution in [1.29, 1.82) is 0 Å². The van der Waals surface area contributed by atoms with Crippen LogP contribution in [0.15, 0.2) is 24.3 Å². The van der Waals surface area contributed by atoms with Gasteiger partial charge in [0.05, 0.1) is 13.2 Å². The summed E-state index contributed by atoms with van der Waals surface area (Å²) in [5.41, 5.74) is 1.79. The van der Waals surface area contributed by atoms with Crippen LogP contribution in [-0.2, 0) is 9.47 Å². The van der Waals surface area contributed by atoms with Gasteiger partial charge in [0.1, 0.15) is 6.10 Å². The third-order valence-corrected chi connectivity index (χ3v) is 1.49. The fraction of sp³-hybridized carbons (Fsp3) is 0.636. The molecule has 0 fully saturated rings. The smallest absolute Gasteiger partial charge is 0.181 e. The van der Waals surface area contributed by atoms with Crippen LogP contribution < -0.4 is 0 Å². The minimum atomic E-state index is -0.911. The van der Waals surface area contributed by atoms with Gasteiger partial charge in [-0.05, 0) is 20.8 Å². The van der Waals surface area contributed by atoms with Gasteiger partial charge in [-0.25, -0.2) is 0 Å². The quantitative estimate of drug-likeness (QED) is 0.503. The molecule has 0 saturated heterocycles. The fourth-order valence-corrected chi connectivity index (χ4v) is 0.719. The maximum atomic E-state index is 9.46. The molecule has 0 amide bonds. The van der Waals surface area contributed by atoms with Crippen LogP contribution in [0.3, 0.4) is 0 Å². The van der Waals surface area contributed by atoms with Crippen LogP contribution in [0.25, 0.3) is 0 Å². The second-order valence-electron chi connectivity index (χ2n) is 3.63. The Balaban J connectivity index is 3.69. The Bertz CT molecular complexity index is 177. The molecular formula is C11H20O3. The van der Waals surface area contributed by atoms with Crippen molar-refractivity contribution in [3.63, 3.8) is 0 Å². The highest BCUT2D eigenvalue weighted by atomic mass is 16.6. The van der Waals surface area contributed by atoms with Gasteiger partial charge in [-0.3, -0.25) is 0 Å². The van der Waals surface area contributed by atoms with Crippen molar-refractivity contribution in [2.75, 3.05) is 13.2 Å². The third-order valence-electron chi connectivity index (χ3n) is 1.49. The van der Waals surface area contributed by atoms with Gasteiger partial charge in [-0.2, -0.15) is 0 Å². The van der Waals surface area contributed by atoms with Crippen LogP contribution >= 0.6 is 0 Å². The molecule has 0 saturated carbocycles. The predicted octanol–water partition coefficient (Wildman–Crippen LogP) is 1.88. The van der Waals surface area contributed by atoms with E-state index in [0.29, 0.717) is 13.2 Å². The van der Waals surface area contributed by atoms with Crippen molar-refractivity contribution in [3.8, 4) is 0 Å². The molecule has 0 aliphatic rings. The Hall–Kier alpha value is -0.640. The normalized spacial score (nSPS) is 14.9. The molecule has 0 aromatic carbocycles. The summed E-state index contributed by atoms with van der Waals surface area (Å²) in [6, 6.07) is 0. The largest absolute Gasteiger partial charge is 0.369 e. The number of rotatable bonds is 7. The molecule has 0 aromatic rings. The van der Waals surface area contributed by atoms with Gasteiger partial charge < -0.3 is 14.6 Å². The molecule has 14 heavy (non-hydrogen) atoms. The van der Waals surface area contributed by atoms with Gasteiger partial charge in [0.15, 0.2) is 6.29 Å². The Morgan fingerprint density at radius 1 is 1.14 bits per heavy atom. The Morgan fingerprint density at radius 2 is 1.57 bits per heavy atom. The molecule has 1 N–H and O–H groups in total. The van der Waals surface area contributed by atoms with Crippen LogP contribution in [0, 0.1) is 0 Å². The first kappa shape index (κ1) is 13.4. The van der Waals surface area contributed by atoms with E-state index in [0.717, 1.165) is 11.1 Å². The molecule has 3 heteroatoms. The lowest BCUT2D eigenvalue weighted by molar-refractivity contribution is -0.165. The third kappa shape index (κ3) is 6.83. The first-order valence-electron chi connectivity index (χ1n) is 4.63. The average Bonchev–Trinajstić information content (AvgIpc) is 2.09. The zero-order valence-corrected chi connectivity index (χ0v) is 9.25. The molecule has 0 aliphatic carbocycles. The van der Waals surface area contributed by atoms with Gasteiger partial charge in [0.2, 0.25) is 0 Å². The number of hydrogen-bond acceptors (Lipinski definition) is 3. The minimum Gasteiger partial charge on any atom is -0.369 e. The summed E-state index contributed by atoms with van der Waals surface area (Å²) in [6.07, 6.45) is -1.27. The summed E-state index contributed by atoms with van der Waals surface area (Å²) in [5.74, 6) is 0. The second-order valence-corrected chi connectivity index (χ2v) is 3.63. The van der Waals surface area contributed by atoms with E-state index < -0.39 is 6.29 Å². The maximum Gasteiger partial charge on any atom is 0.181 e. The molecule has 0 aliphatic heterocycles. The summed E-state index contributed by atoms with van der Waals surface area (Å²) in [4.78, 5) is 0. The van der Waals surface area contributed by atoms with Gasteiger partial charge >= 0.3 is 0 Å². The fourth-order valence-electron chi connectivity index (χ4n) is 0.719. The van der Waals surface area contributed by atoms with E-state index in [4.69, 9.17) is 9.47 Å². The Labute approximate surface area is 86.0 Å². The molecule has 2 atom stereocenters. The molecule has 0 radical (unpaired) electrons. The van der Waals surface area contributed by atoms with E-state index in [9.17, 15) is 5.11 Å². The van der Waals surface area contributed by atoms with Crippen molar-refractivity contribution in [3.05, 3.63) is 24.3 Å². The highest BCUT2D eigenvalue weighted by Gasteiger charge is 2.14. The molecular weight excluding hydrogens is 180 g/mol. The summed E-state index contributed by atoms with van der Waals surface area (Å²) >= 11 is 0. The lowest BCUT2D eigenvalue weighted by Crippen LogP contribution is -2.29. The first-order chi connectivity index (χ1) is 6.43. The predicted molar refractivity (Wildman–Crippen MR) is 57.0 cm³/mol. The number of ether oxygens (including phenoxy) is 2. The van der Waals surface area contributed by atoms with Gasteiger partial charge in [-0.15, -0.1) is 0 Å². The maximum absolute atomic E-state index is 9.46. The van der Waals surface area contributed by atoms with E-state index in [-0.39, 0.29) is 6.10 Å². The lowest BCUT2D eigenvalue weighted by atomic mass is 10.3. The van der Waals surface area contributed by atoms with Gasteiger partial charge in [0, 0.05) is 0 Å². The summed E-state index contributed by atoms with van der Waals surface area (Å²) < 4.78 is 10.4. The van der Waals surface area contributed by atoms with Crippen molar-refractivity contribution in [2.24, 2.45) is 0 Å². The molecule has 0 bridgehead atoms. The summed E-state index contributed by atoms with van der Waals surface area (Å²) in [6.45, 7) is 13.6. The monoisotopic (exact) mass is 200 g/mol. The van der Waals surface area contributed by atoms with E-state index >= 15 is 0 Å². The van der Waals surface area contributed by atoms with E-state index in [1.54, 1.807) is 6.92 Å². The summed E-state index contributed by atoms with van der Waals surface area (Å²) in [7, 11) is 0. The van der Waals surface area contributed by atoms with E-state index in [1.165, 1.54) is 0 Å². The van der Waals surface area contributed by atoms with Crippen LogP contribution in [0.1, 0.15) is 20.8 Å². The molecule has 0 rings (SSSR count). The Kier molecular flexibility index (Phi) is 6.45. The van der Waals surface area contributed by atoms with Crippen LogP contribution in [0.2, 0.25) is 0 Å². The number of hydrogen-bond donors (Lipinski definition) is 1. The molecule has 0 aromatic heterocycles.